The van der Waals surface area contributed by atoms with Crippen LogP contribution < -0.4 is 21.5 Å². The summed E-state index contributed by atoms with van der Waals surface area (Å²) in [5.74, 6) is 6.13. The number of pyridine rings is 1. The Labute approximate surface area is 97.9 Å². The number of nitrogen functional groups attached to an aromatic ring is 1. The number of hydrogen-bond donors (Lipinski definition) is 3. The van der Waals surface area contributed by atoms with Crippen molar-refractivity contribution in [1.29, 1.82) is 0 Å². The van der Waals surface area contributed by atoms with Gasteiger partial charge < -0.3 is 15.6 Å². The first-order chi connectivity index (χ1) is 8.20. The van der Waals surface area contributed by atoms with Gasteiger partial charge in [-0.25, -0.2) is 10.8 Å². The van der Waals surface area contributed by atoms with Gasteiger partial charge >= 0.3 is 0 Å². The lowest BCUT2D eigenvalue weighted by atomic mass is 10.3. The minimum absolute atomic E-state index is 0.0125. The molecule has 0 aliphatic carbocycles. The minimum Gasteiger partial charge on any atom is -0.354 e. The molecule has 0 bridgehead atoms. The van der Waals surface area contributed by atoms with Crippen molar-refractivity contribution in [2.24, 2.45) is 5.84 Å². The Hall–Kier alpha value is -1.93. The quantitative estimate of drug-likeness (QED) is 0.376. The highest BCUT2D eigenvalue weighted by atomic mass is 16.6. The van der Waals surface area contributed by atoms with Crippen LogP contribution in [0.15, 0.2) is 12.1 Å². The summed E-state index contributed by atoms with van der Waals surface area (Å²) in [4.78, 5) is 16.5. The van der Waals surface area contributed by atoms with Gasteiger partial charge in [0.2, 0.25) is 0 Å². The molecule has 2 rings (SSSR count). The fraction of sp³-hybridized carbons (Fsp3) is 0.444. The molecule has 1 aliphatic heterocycles. The average molecular weight is 238 g/mol. The summed E-state index contributed by atoms with van der Waals surface area (Å²) >= 11 is 0. The molecule has 0 aromatic carbocycles. The fourth-order valence-electron chi connectivity index (χ4n) is 1.74. The summed E-state index contributed by atoms with van der Waals surface area (Å²) in [6.45, 7) is 3.24. The molecule has 1 aromatic rings. The van der Waals surface area contributed by atoms with Gasteiger partial charge in [-0.3, -0.25) is 10.1 Å². The lowest BCUT2D eigenvalue weighted by molar-refractivity contribution is -0.384. The fourth-order valence-corrected chi connectivity index (χ4v) is 1.74. The second kappa shape index (κ2) is 4.93. The average Bonchev–Trinajstić information content (AvgIpc) is 2.39. The number of nitrogens with two attached hydrogens (primary N) is 1. The van der Waals surface area contributed by atoms with Crippen molar-refractivity contribution in [3.05, 3.63) is 22.2 Å². The molecule has 92 valence electrons. The van der Waals surface area contributed by atoms with Crippen molar-refractivity contribution in [3.8, 4) is 0 Å². The van der Waals surface area contributed by atoms with Crippen molar-refractivity contribution < 1.29 is 4.92 Å². The Morgan fingerprint density at radius 1 is 1.47 bits per heavy atom. The largest absolute Gasteiger partial charge is 0.354 e. The number of piperazine rings is 1. The first-order valence-corrected chi connectivity index (χ1v) is 5.29. The Morgan fingerprint density at radius 2 is 2.18 bits per heavy atom. The van der Waals surface area contributed by atoms with Gasteiger partial charge in [-0.05, 0) is 0 Å². The highest BCUT2D eigenvalue weighted by molar-refractivity contribution is 5.55. The van der Waals surface area contributed by atoms with Crippen LogP contribution in [0.2, 0.25) is 0 Å². The number of aromatic nitrogens is 1. The molecule has 8 nitrogen and oxygen atoms in total. The van der Waals surface area contributed by atoms with Gasteiger partial charge in [0, 0.05) is 26.2 Å². The molecule has 1 saturated heterocycles. The van der Waals surface area contributed by atoms with E-state index in [1.807, 2.05) is 4.90 Å². The lowest BCUT2D eigenvalue weighted by Crippen LogP contribution is -2.44. The molecule has 4 N–H and O–H groups in total. The number of rotatable bonds is 3. The molecular weight excluding hydrogens is 224 g/mol. The molecule has 0 spiro atoms. The van der Waals surface area contributed by atoms with E-state index in [0.29, 0.717) is 11.6 Å². The normalized spacial score (nSPS) is 15.7. The van der Waals surface area contributed by atoms with E-state index in [1.54, 1.807) is 0 Å². The standard InChI is InChI=1S/C9H14N6O2/c10-13-8-5-7(15(16)17)6-9(12-8)14-3-1-11-2-4-14/h5-6,11H,1-4,10H2,(H,12,13). The SMILES string of the molecule is NNc1cc([N+](=O)[O-])cc(N2CCNCC2)n1. The zero-order chi connectivity index (χ0) is 12.3. The molecule has 0 radical (unpaired) electrons. The molecule has 17 heavy (non-hydrogen) atoms. The maximum Gasteiger partial charge on any atom is 0.276 e. The molecule has 0 amide bonds. The van der Waals surface area contributed by atoms with Gasteiger partial charge in [-0.1, -0.05) is 0 Å². The second-order valence-electron chi connectivity index (χ2n) is 3.71. The monoisotopic (exact) mass is 238 g/mol. The molecule has 2 heterocycles. The van der Waals surface area contributed by atoms with Crippen LogP contribution >= 0.6 is 0 Å². The molecule has 8 heteroatoms. The van der Waals surface area contributed by atoms with Crippen molar-refractivity contribution in [3.63, 3.8) is 0 Å². The van der Waals surface area contributed by atoms with Crippen LogP contribution in [0, 0.1) is 10.1 Å². The highest BCUT2D eigenvalue weighted by Crippen LogP contribution is 2.22. The lowest BCUT2D eigenvalue weighted by Gasteiger charge is -2.28. The van der Waals surface area contributed by atoms with Gasteiger partial charge in [0.15, 0.2) is 0 Å². The summed E-state index contributed by atoms with van der Waals surface area (Å²) in [6.07, 6.45) is 0. The zero-order valence-corrected chi connectivity index (χ0v) is 9.22. The molecule has 1 fully saturated rings. The van der Waals surface area contributed by atoms with E-state index in [-0.39, 0.29) is 5.69 Å². The number of anilines is 2. The van der Waals surface area contributed by atoms with E-state index >= 15 is 0 Å². The van der Waals surface area contributed by atoms with Crippen LogP contribution in [-0.2, 0) is 0 Å². The van der Waals surface area contributed by atoms with Gasteiger partial charge in [0.1, 0.15) is 11.6 Å². The van der Waals surface area contributed by atoms with E-state index in [1.165, 1.54) is 12.1 Å². The van der Waals surface area contributed by atoms with E-state index in [4.69, 9.17) is 5.84 Å². The maximum atomic E-state index is 10.8. The van der Waals surface area contributed by atoms with E-state index in [0.717, 1.165) is 26.2 Å². The number of nitrogens with zero attached hydrogens (tertiary/aromatic N) is 3. The summed E-state index contributed by atoms with van der Waals surface area (Å²) in [7, 11) is 0. The minimum atomic E-state index is -0.450. The topological polar surface area (TPSA) is 109 Å². The zero-order valence-electron chi connectivity index (χ0n) is 9.22. The maximum absolute atomic E-state index is 10.8. The summed E-state index contributed by atoms with van der Waals surface area (Å²) in [5, 5.41) is 14.0. The summed E-state index contributed by atoms with van der Waals surface area (Å²) in [6, 6.07) is 2.78. The van der Waals surface area contributed by atoms with Crippen LogP contribution in [0.5, 0.6) is 0 Å². The van der Waals surface area contributed by atoms with Crippen molar-refractivity contribution >= 4 is 17.3 Å². The Morgan fingerprint density at radius 3 is 2.76 bits per heavy atom. The predicted octanol–water partition coefficient (Wildman–Crippen LogP) is -0.315. The van der Waals surface area contributed by atoms with Crippen molar-refractivity contribution in [2.45, 2.75) is 0 Å². The molecule has 0 unspecified atom stereocenters. The third-order valence-corrected chi connectivity index (χ3v) is 2.60. The van der Waals surface area contributed by atoms with Gasteiger partial charge in [0.25, 0.3) is 5.69 Å². The van der Waals surface area contributed by atoms with Crippen LogP contribution in [0.25, 0.3) is 0 Å². The molecule has 0 atom stereocenters. The van der Waals surface area contributed by atoms with Gasteiger partial charge in [-0.15, -0.1) is 0 Å². The molecule has 1 aliphatic rings. The third-order valence-electron chi connectivity index (χ3n) is 2.60. The summed E-state index contributed by atoms with van der Waals surface area (Å²) < 4.78 is 0. The van der Waals surface area contributed by atoms with Gasteiger partial charge in [-0.2, -0.15) is 0 Å². The molecule has 1 aromatic heterocycles. The number of hydrazine groups is 1. The Kier molecular flexibility index (Phi) is 3.35. The van der Waals surface area contributed by atoms with Crippen LogP contribution in [-0.4, -0.2) is 36.1 Å². The Balaban J connectivity index is 2.31. The van der Waals surface area contributed by atoms with Crippen molar-refractivity contribution in [2.75, 3.05) is 36.5 Å². The number of hydrogen-bond acceptors (Lipinski definition) is 7. The molecular formula is C9H14N6O2. The molecule has 0 saturated carbocycles. The van der Waals surface area contributed by atoms with Crippen LogP contribution in [0.3, 0.4) is 0 Å². The number of nitro groups is 1. The summed E-state index contributed by atoms with van der Waals surface area (Å²) in [5.41, 5.74) is 2.33. The number of nitrogens with one attached hydrogen (secondary N) is 2. The Bertz CT molecular complexity index is 418. The van der Waals surface area contributed by atoms with E-state index < -0.39 is 4.92 Å². The smallest absolute Gasteiger partial charge is 0.276 e. The highest BCUT2D eigenvalue weighted by Gasteiger charge is 2.17. The third kappa shape index (κ3) is 2.60. The van der Waals surface area contributed by atoms with Crippen LogP contribution in [0.1, 0.15) is 0 Å². The predicted molar refractivity (Wildman–Crippen MR) is 63.8 cm³/mol. The van der Waals surface area contributed by atoms with Crippen molar-refractivity contribution in [1.82, 2.24) is 10.3 Å². The van der Waals surface area contributed by atoms with E-state index in [2.05, 4.69) is 15.7 Å². The van der Waals surface area contributed by atoms with E-state index in [9.17, 15) is 10.1 Å². The van der Waals surface area contributed by atoms with Gasteiger partial charge in [0.05, 0.1) is 17.1 Å². The van der Waals surface area contributed by atoms with Crippen LogP contribution in [0.4, 0.5) is 17.3 Å². The first-order valence-electron chi connectivity index (χ1n) is 5.29. The second-order valence-corrected chi connectivity index (χ2v) is 3.71. The first kappa shape index (κ1) is 11.6.